The van der Waals surface area contributed by atoms with Crippen molar-refractivity contribution in [1.82, 2.24) is 15.6 Å². The fourth-order valence-electron chi connectivity index (χ4n) is 3.58. The molecule has 0 atom stereocenters. The van der Waals surface area contributed by atoms with Crippen LogP contribution in [-0.4, -0.2) is 24.1 Å². The van der Waals surface area contributed by atoms with Gasteiger partial charge >= 0.3 is 6.03 Å². The maximum atomic E-state index is 12.3. The first-order valence-electron chi connectivity index (χ1n) is 11.7. The highest BCUT2D eigenvalue weighted by atomic mass is 16.2. The summed E-state index contributed by atoms with van der Waals surface area (Å²) in [5.41, 5.74) is 11.6. The van der Waals surface area contributed by atoms with Crippen LogP contribution in [0.2, 0.25) is 0 Å². The molecule has 0 spiro atoms. The molecule has 0 saturated carbocycles. The zero-order chi connectivity index (χ0) is 23.8. The number of benzene rings is 2. The van der Waals surface area contributed by atoms with Gasteiger partial charge in [-0.15, -0.1) is 0 Å². The first kappa shape index (κ1) is 24.6. The van der Waals surface area contributed by atoms with Crippen LogP contribution in [0.25, 0.3) is 16.8 Å². The molecule has 2 amide bonds. The molecular formula is C27H32N6O. The Balaban J connectivity index is 1.27. The molecule has 7 nitrogen and oxygen atoms in total. The molecule has 7 heteroatoms. The third kappa shape index (κ3) is 8.16. The van der Waals surface area contributed by atoms with Crippen molar-refractivity contribution in [3.05, 3.63) is 90.9 Å². The number of carbonyl (C=O) groups excluding carboxylic acids is 1. The van der Waals surface area contributed by atoms with Gasteiger partial charge in [-0.1, -0.05) is 67.8 Å². The van der Waals surface area contributed by atoms with Crippen molar-refractivity contribution >= 4 is 17.4 Å². The van der Waals surface area contributed by atoms with Crippen LogP contribution in [0.5, 0.6) is 0 Å². The van der Waals surface area contributed by atoms with E-state index in [0.717, 1.165) is 61.0 Å². The molecule has 2 aromatic carbocycles. The van der Waals surface area contributed by atoms with E-state index in [0.29, 0.717) is 12.2 Å². The number of hydrogen-bond acceptors (Lipinski definition) is 5. The summed E-state index contributed by atoms with van der Waals surface area (Å²) in [5, 5.41) is 12.7. The Labute approximate surface area is 201 Å². The molecule has 0 aliphatic heterocycles. The van der Waals surface area contributed by atoms with Gasteiger partial charge in [0, 0.05) is 42.8 Å². The van der Waals surface area contributed by atoms with Gasteiger partial charge in [0.1, 0.15) is 5.70 Å². The van der Waals surface area contributed by atoms with Crippen LogP contribution in [0.4, 0.5) is 10.5 Å². The summed E-state index contributed by atoms with van der Waals surface area (Å²) in [4.78, 5) is 16.4. The van der Waals surface area contributed by atoms with E-state index in [4.69, 9.17) is 5.53 Å². The molecule has 34 heavy (non-hydrogen) atoms. The number of anilines is 1. The number of nitrogens with one attached hydrogen (secondary N) is 4. The largest absolute Gasteiger partial charge is 0.389 e. The number of aromatic nitrogens is 1. The third-order valence-corrected chi connectivity index (χ3v) is 5.36. The smallest absolute Gasteiger partial charge is 0.319 e. The Morgan fingerprint density at radius 1 is 0.882 bits per heavy atom. The lowest BCUT2D eigenvalue weighted by atomic mass is 10.0. The Kier molecular flexibility index (Phi) is 10.3. The van der Waals surface area contributed by atoms with Crippen molar-refractivity contribution in [2.24, 2.45) is 5.11 Å². The van der Waals surface area contributed by atoms with Crippen LogP contribution >= 0.6 is 0 Å². The van der Waals surface area contributed by atoms with Gasteiger partial charge in [-0.25, -0.2) is 10.3 Å². The first-order chi connectivity index (χ1) is 16.8. The SMILES string of the molecule is N=N/C(=C\NCCCCCCCNC(=O)Nc1ccccc1-c1ccccc1)c1cccnc1. The van der Waals surface area contributed by atoms with E-state index >= 15 is 0 Å². The van der Waals surface area contributed by atoms with Crippen molar-refractivity contribution in [3.8, 4) is 11.1 Å². The highest BCUT2D eigenvalue weighted by Crippen LogP contribution is 2.27. The zero-order valence-corrected chi connectivity index (χ0v) is 19.3. The lowest BCUT2D eigenvalue weighted by Crippen LogP contribution is -2.29. The standard InChI is InChI=1S/C27H32N6O/c28-33-26(23-14-11-18-29-20-23)21-30-17-9-2-1-3-10-19-31-27(34)32-25-16-8-7-15-24(25)22-12-5-4-6-13-22/h4-8,11-16,18,20-21,28,30H,1-3,9-10,17,19H2,(H2,31,32,34)/b26-21-,33-28?. The molecule has 0 aliphatic carbocycles. The summed E-state index contributed by atoms with van der Waals surface area (Å²) in [6.07, 6.45) is 10.4. The van der Waals surface area contributed by atoms with Gasteiger partial charge in [-0.3, -0.25) is 4.98 Å². The number of amides is 2. The van der Waals surface area contributed by atoms with Gasteiger partial charge in [0.25, 0.3) is 0 Å². The molecular weight excluding hydrogens is 424 g/mol. The lowest BCUT2D eigenvalue weighted by Gasteiger charge is -2.12. The molecule has 0 aliphatic rings. The molecule has 176 valence electrons. The maximum absolute atomic E-state index is 12.3. The summed E-state index contributed by atoms with van der Waals surface area (Å²) >= 11 is 0. The molecule has 0 fully saturated rings. The number of carbonyl (C=O) groups is 1. The molecule has 0 saturated heterocycles. The van der Waals surface area contributed by atoms with E-state index in [2.05, 4.69) is 26.0 Å². The number of urea groups is 1. The van der Waals surface area contributed by atoms with Gasteiger partial charge in [-0.05, 0) is 36.6 Å². The highest BCUT2D eigenvalue weighted by molar-refractivity contribution is 5.94. The molecule has 0 radical (unpaired) electrons. The minimum atomic E-state index is -0.177. The first-order valence-corrected chi connectivity index (χ1v) is 11.7. The number of nitrogens with zero attached hydrogens (tertiary/aromatic N) is 2. The van der Waals surface area contributed by atoms with E-state index < -0.39 is 0 Å². The second-order valence-electron chi connectivity index (χ2n) is 7.90. The maximum Gasteiger partial charge on any atom is 0.319 e. The van der Waals surface area contributed by atoms with Gasteiger partial charge in [0.05, 0.1) is 5.69 Å². The molecule has 1 heterocycles. The molecule has 4 N–H and O–H groups in total. The van der Waals surface area contributed by atoms with E-state index in [1.807, 2.05) is 66.7 Å². The monoisotopic (exact) mass is 456 g/mol. The zero-order valence-electron chi connectivity index (χ0n) is 19.3. The van der Waals surface area contributed by atoms with Gasteiger partial charge in [0.2, 0.25) is 0 Å². The lowest BCUT2D eigenvalue weighted by molar-refractivity contribution is 0.252. The Bertz CT molecular complexity index is 1050. The highest BCUT2D eigenvalue weighted by Gasteiger charge is 2.07. The third-order valence-electron chi connectivity index (χ3n) is 5.36. The summed E-state index contributed by atoms with van der Waals surface area (Å²) in [7, 11) is 0. The number of para-hydroxylation sites is 1. The fraction of sp³-hybridized carbons (Fsp3) is 0.259. The Morgan fingerprint density at radius 3 is 2.38 bits per heavy atom. The summed E-state index contributed by atoms with van der Waals surface area (Å²) in [6, 6.07) is 21.4. The van der Waals surface area contributed by atoms with E-state index in [1.54, 1.807) is 18.6 Å². The van der Waals surface area contributed by atoms with Gasteiger partial charge < -0.3 is 16.0 Å². The van der Waals surface area contributed by atoms with Crippen LogP contribution in [0.15, 0.2) is 90.4 Å². The Hall–Kier alpha value is -4.00. The Morgan fingerprint density at radius 2 is 1.62 bits per heavy atom. The van der Waals surface area contributed by atoms with Crippen molar-refractivity contribution < 1.29 is 4.79 Å². The van der Waals surface area contributed by atoms with Gasteiger partial charge in [0.15, 0.2) is 0 Å². The van der Waals surface area contributed by atoms with Crippen LogP contribution in [0.1, 0.15) is 37.7 Å². The van der Waals surface area contributed by atoms with Crippen molar-refractivity contribution in [2.75, 3.05) is 18.4 Å². The molecule has 3 aromatic rings. The molecule has 1 aromatic heterocycles. The van der Waals surface area contributed by atoms with E-state index in [1.165, 1.54) is 0 Å². The number of rotatable bonds is 13. The van der Waals surface area contributed by atoms with Crippen LogP contribution in [0, 0.1) is 5.53 Å². The second kappa shape index (κ2) is 14.2. The molecule has 0 unspecified atom stereocenters. The van der Waals surface area contributed by atoms with E-state index in [9.17, 15) is 4.79 Å². The summed E-state index contributed by atoms with van der Waals surface area (Å²) < 4.78 is 0. The molecule has 0 bridgehead atoms. The van der Waals surface area contributed by atoms with E-state index in [-0.39, 0.29) is 6.03 Å². The van der Waals surface area contributed by atoms with Crippen molar-refractivity contribution in [2.45, 2.75) is 32.1 Å². The minimum absolute atomic E-state index is 0.177. The topological polar surface area (TPSA) is 102 Å². The van der Waals surface area contributed by atoms with Crippen LogP contribution in [0.3, 0.4) is 0 Å². The fourth-order valence-corrected chi connectivity index (χ4v) is 3.58. The number of hydrogen-bond donors (Lipinski definition) is 4. The van der Waals surface area contributed by atoms with Crippen molar-refractivity contribution in [3.63, 3.8) is 0 Å². The number of pyridine rings is 1. The quantitative estimate of drug-likeness (QED) is 0.176. The second-order valence-corrected chi connectivity index (χ2v) is 7.90. The molecule has 3 rings (SSSR count). The number of unbranched alkanes of at least 4 members (excludes halogenated alkanes) is 4. The van der Waals surface area contributed by atoms with Crippen LogP contribution in [-0.2, 0) is 0 Å². The normalized spacial score (nSPS) is 11.0. The van der Waals surface area contributed by atoms with Crippen molar-refractivity contribution in [1.29, 1.82) is 5.53 Å². The average molecular weight is 457 g/mol. The van der Waals surface area contributed by atoms with Crippen LogP contribution < -0.4 is 16.0 Å². The average Bonchev–Trinajstić information content (AvgIpc) is 2.89. The summed E-state index contributed by atoms with van der Waals surface area (Å²) in [6.45, 7) is 1.49. The summed E-state index contributed by atoms with van der Waals surface area (Å²) in [5.74, 6) is 0. The minimum Gasteiger partial charge on any atom is -0.389 e. The van der Waals surface area contributed by atoms with Gasteiger partial charge in [-0.2, -0.15) is 5.11 Å². The predicted octanol–water partition coefficient (Wildman–Crippen LogP) is 6.44. The predicted molar refractivity (Wildman–Crippen MR) is 137 cm³/mol.